The second kappa shape index (κ2) is 7.65. The summed E-state index contributed by atoms with van der Waals surface area (Å²) in [6.07, 6.45) is 0. The van der Waals surface area contributed by atoms with E-state index in [2.05, 4.69) is 25.8 Å². The zero-order valence-corrected chi connectivity index (χ0v) is 14.9. The van der Waals surface area contributed by atoms with Crippen LogP contribution in [-0.4, -0.2) is 34.1 Å². The first-order valence-electron chi connectivity index (χ1n) is 8.01. The highest BCUT2D eigenvalue weighted by atomic mass is 16.5. The molecule has 138 valence electrons. The van der Waals surface area contributed by atoms with Gasteiger partial charge >= 0.3 is 5.97 Å². The van der Waals surface area contributed by atoms with Crippen molar-refractivity contribution in [1.82, 2.24) is 15.1 Å². The van der Waals surface area contributed by atoms with Gasteiger partial charge in [-0.25, -0.2) is 14.8 Å². The molecule has 0 aliphatic heterocycles. The van der Waals surface area contributed by atoms with Gasteiger partial charge in [-0.05, 0) is 32.0 Å². The van der Waals surface area contributed by atoms with E-state index >= 15 is 0 Å². The summed E-state index contributed by atoms with van der Waals surface area (Å²) in [5.41, 5.74) is 1.28. The molecule has 9 heteroatoms. The second-order valence-electron chi connectivity index (χ2n) is 5.66. The van der Waals surface area contributed by atoms with Gasteiger partial charge in [0.25, 0.3) is 5.91 Å². The summed E-state index contributed by atoms with van der Waals surface area (Å²) in [6, 6.07) is 9.77. The number of para-hydroxylation sites is 1. The van der Waals surface area contributed by atoms with Crippen molar-refractivity contribution in [2.75, 3.05) is 17.7 Å². The van der Waals surface area contributed by atoms with Crippen molar-refractivity contribution < 1.29 is 18.8 Å². The van der Waals surface area contributed by atoms with Crippen LogP contribution in [0.15, 0.2) is 40.9 Å². The number of aryl methyl sites for hydroxylation is 2. The zero-order valence-electron chi connectivity index (χ0n) is 14.9. The number of hydrogen-bond donors (Lipinski definition) is 2. The van der Waals surface area contributed by atoms with Crippen LogP contribution in [0.1, 0.15) is 32.3 Å². The third-order valence-electron chi connectivity index (χ3n) is 3.54. The van der Waals surface area contributed by atoms with E-state index < -0.39 is 11.9 Å². The molecule has 2 aromatic heterocycles. The standard InChI is InChI=1S/C18H17N5O4/c1-10-8-14(21-18(19-10)22-15-9-11(2)27-23-15)16(24)20-13-7-5-4-6-12(13)17(25)26-3/h4-9H,1-3H3,(H,20,24)(H,19,21,22,23). The average molecular weight is 367 g/mol. The Morgan fingerprint density at radius 3 is 2.59 bits per heavy atom. The number of rotatable bonds is 5. The number of methoxy groups -OCH3 is 1. The number of aromatic nitrogens is 3. The molecule has 3 rings (SSSR count). The van der Waals surface area contributed by atoms with Crippen molar-refractivity contribution in [3.05, 3.63) is 59.1 Å². The first kappa shape index (κ1) is 18.1. The topological polar surface area (TPSA) is 119 Å². The van der Waals surface area contributed by atoms with Crippen LogP contribution < -0.4 is 10.6 Å². The molecule has 0 saturated carbocycles. The van der Waals surface area contributed by atoms with Crippen molar-refractivity contribution >= 4 is 29.3 Å². The quantitative estimate of drug-likeness (QED) is 0.661. The van der Waals surface area contributed by atoms with E-state index in [4.69, 9.17) is 9.26 Å². The monoisotopic (exact) mass is 367 g/mol. The van der Waals surface area contributed by atoms with Gasteiger partial charge in [-0.3, -0.25) is 4.79 Å². The maximum absolute atomic E-state index is 12.6. The predicted molar refractivity (Wildman–Crippen MR) is 97.0 cm³/mol. The minimum Gasteiger partial charge on any atom is -0.465 e. The van der Waals surface area contributed by atoms with E-state index in [1.807, 2.05) is 0 Å². The fourth-order valence-corrected chi connectivity index (χ4v) is 2.35. The third-order valence-corrected chi connectivity index (χ3v) is 3.54. The molecule has 0 saturated heterocycles. The number of anilines is 3. The normalized spacial score (nSPS) is 10.3. The lowest BCUT2D eigenvalue weighted by Gasteiger charge is -2.10. The number of nitrogens with zero attached hydrogens (tertiary/aromatic N) is 3. The second-order valence-corrected chi connectivity index (χ2v) is 5.66. The van der Waals surface area contributed by atoms with Crippen molar-refractivity contribution in [3.8, 4) is 0 Å². The van der Waals surface area contributed by atoms with E-state index in [9.17, 15) is 9.59 Å². The fourth-order valence-electron chi connectivity index (χ4n) is 2.35. The molecule has 0 atom stereocenters. The van der Waals surface area contributed by atoms with Crippen molar-refractivity contribution in [1.29, 1.82) is 0 Å². The molecule has 2 heterocycles. The Morgan fingerprint density at radius 2 is 1.89 bits per heavy atom. The van der Waals surface area contributed by atoms with Crippen LogP contribution in [-0.2, 0) is 4.74 Å². The number of esters is 1. The Bertz CT molecular complexity index is 999. The summed E-state index contributed by atoms with van der Waals surface area (Å²) in [5, 5.41) is 9.36. The maximum Gasteiger partial charge on any atom is 0.339 e. The molecule has 1 aromatic carbocycles. The number of ether oxygens (including phenoxy) is 1. The van der Waals surface area contributed by atoms with Gasteiger partial charge < -0.3 is 19.9 Å². The van der Waals surface area contributed by atoms with Crippen LogP contribution in [0.4, 0.5) is 17.5 Å². The Hall–Kier alpha value is -3.75. The van der Waals surface area contributed by atoms with Gasteiger partial charge in [0.1, 0.15) is 11.5 Å². The van der Waals surface area contributed by atoms with Crippen molar-refractivity contribution in [2.45, 2.75) is 13.8 Å². The number of carbonyl (C=O) groups is 2. The van der Waals surface area contributed by atoms with Gasteiger partial charge in [-0.15, -0.1) is 0 Å². The third kappa shape index (κ3) is 4.27. The Morgan fingerprint density at radius 1 is 1.11 bits per heavy atom. The molecule has 1 amide bonds. The number of carbonyl (C=O) groups excluding carboxylic acids is 2. The van der Waals surface area contributed by atoms with E-state index in [-0.39, 0.29) is 17.2 Å². The molecule has 0 radical (unpaired) electrons. The minimum absolute atomic E-state index is 0.130. The number of hydrogen-bond acceptors (Lipinski definition) is 8. The van der Waals surface area contributed by atoms with E-state index in [1.54, 1.807) is 44.2 Å². The summed E-state index contributed by atoms with van der Waals surface area (Å²) in [4.78, 5) is 32.9. The fraction of sp³-hybridized carbons (Fsp3) is 0.167. The molecule has 0 fully saturated rings. The van der Waals surface area contributed by atoms with Crippen molar-refractivity contribution in [3.63, 3.8) is 0 Å². The molecule has 0 aliphatic carbocycles. The molecule has 0 bridgehead atoms. The highest BCUT2D eigenvalue weighted by Crippen LogP contribution is 2.18. The SMILES string of the molecule is COC(=O)c1ccccc1NC(=O)c1cc(C)nc(Nc2cc(C)on2)n1. The average Bonchev–Trinajstić information content (AvgIpc) is 3.05. The van der Waals surface area contributed by atoms with Crippen LogP contribution >= 0.6 is 0 Å². The van der Waals surface area contributed by atoms with Crippen molar-refractivity contribution in [2.24, 2.45) is 0 Å². The smallest absolute Gasteiger partial charge is 0.339 e. The van der Waals surface area contributed by atoms with Crippen LogP contribution in [0.25, 0.3) is 0 Å². The lowest BCUT2D eigenvalue weighted by atomic mass is 10.1. The molecule has 9 nitrogen and oxygen atoms in total. The summed E-state index contributed by atoms with van der Waals surface area (Å²) in [6.45, 7) is 3.49. The van der Waals surface area contributed by atoms with Gasteiger partial charge in [-0.1, -0.05) is 17.3 Å². The highest BCUT2D eigenvalue weighted by Gasteiger charge is 2.16. The Kier molecular flexibility index (Phi) is 5.11. The molecular weight excluding hydrogens is 350 g/mol. The zero-order chi connectivity index (χ0) is 19.4. The van der Waals surface area contributed by atoms with Gasteiger partial charge in [0.2, 0.25) is 5.95 Å². The molecule has 27 heavy (non-hydrogen) atoms. The van der Waals surface area contributed by atoms with Gasteiger partial charge in [0.05, 0.1) is 18.4 Å². The lowest BCUT2D eigenvalue weighted by Crippen LogP contribution is -2.17. The first-order valence-corrected chi connectivity index (χ1v) is 8.01. The summed E-state index contributed by atoms with van der Waals surface area (Å²) in [5.74, 6) is 0.225. The van der Waals surface area contributed by atoms with Gasteiger partial charge in [0, 0.05) is 11.8 Å². The van der Waals surface area contributed by atoms with Crippen LogP contribution in [0, 0.1) is 13.8 Å². The maximum atomic E-state index is 12.6. The molecule has 2 N–H and O–H groups in total. The number of amides is 1. The molecule has 0 aliphatic rings. The Balaban J connectivity index is 1.84. The van der Waals surface area contributed by atoms with Crippen LogP contribution in [0.3, 0.4) is 0 Å². The van der Waals surface area contributed by atoms with E-state index in [0.717, 1.165) is 0 Å². The molecule has 0 unspecified atom stereocenters. The highest BCUT2D eigenvalue weighted by molar-refractivity contribution is 6.07. The molecular formula is C18H17N5O4. The van der Waals surface area contributed by atoms with E-state index in [1.165, 1.54) is 13.2 Å². The largest absolute Gasteiger partial charge is 0.465 e. The predicted octanol–water partition coefficient (Wildman–Crippen LogP) is 2.86. The molecule has 3 aromatic rings. The molecule has 0 spiro atoms. The Labute approximate surface area is 154 Å². The first-order chi connectivity index (χ1) is 13.0. The lowest BCUT2D eigenvalue weighted by molar-refractivity contribution is 0.0602. The number of nitrogens with one attached hydrogen (secondary N) is 2. The summed E-state index contributed by atoms with van der Waals surface area (Å²) < 4.78 is 9.71. The van der Waals surface area contributed by atoms with Gasteiger partial charge in [0.15, 0.2) is 5.82 Å². The van der Waals surface area contributed by atoms with E-state index in [0.29, 0.717) is 23.0 Å². The van der Waals surface area contributed by atoms with Gasteiger partial charge in [-0.2, -0.15) is 0 Å². The van der Waals surface area contributed by atoms with Crippen LogP contribution in [0.2, 0.25) is 0 Å². The summed E-state index contributed by atoms with van der Waals surface area (Å²) >= 11 is 0. The number of benzene rings is 1. The van der Waals surface area contributed by atoms with Crippen LogP contribution in [0.5, 0.6) is 0 Å². The summed E-state index contributed by atoms with van der Waals surface area (Å²) in [7, 11) is 1.28. The minimum atomic E-state index is -0.548.